The molecule has 3 rings (SSSR count). The fraction of sp³-hybridized carbons (Fsp3) is 0.333. The number of oxime groups is 1. The Kier molecular flexibility index (Phi) is 5.89. The first-order valence-electron chi connectivity index (χ1n) is 8.82. The molecule has 0 heterocycles. The Bertz CT molecular complexity index is 813. The number of aryl methyl sites for hydroxylation is 2. The SMILES string of the molecule is CO/N=C(\Cc1ccccc1COc1ccc2c(c1)CCCC2)C(=O)O. The number of benzene rings is 2. The van der Waals surface area contributed by atoms with Gasteiger partial charge in [0.05, 0.1) is 0 Å². The van der Waals surface area contributed by atoms with Gasteiger partial charge >= 0.3 is 5.97 Å². The maximum Gasteiger partial charge on any atom is 0.354 e. The van der Waals surface area contributed by atoms with Gasteiger partial charge in [-0.1, -0.05) is 35.5 Å². The number of carboxylic acid groups (broad SMARTS) is 1. The summed E-state index contributed by atoms with van der Waals surface area (Å²) in [6, 6.07) is 13.9. The highest BCUT2D eigenvalue weighted by Gasteiger charge is 2.15. The van der Waals surface area contributed by atoms with Crippen LogP contribution in [0.3, 0.4) is 0 Å². The number of hydrogen-bond donors (Lipinski definition) is 1. The van der Waals surface area contributed by atoms with Gasteiger partial charge in [0.1, 0.15) is 19.5 Å². The molecular formula is C21H23NO4. The van der Waals surface area contributed by atoms with E-state index in [1.54, 1.807) is 0 Å². The van der Waals surface area contributed by atoms with Crippen molar-refractivity contribution in [1.29, 1.82) is 0 Å². The summed E-state index contributed by atoms with van der Waals surface area (Å²) in [4.78, 5) is 15.9. The molecule has 136 valence electrons. The van der Waals surface area contributed by atoms with Gasteiger partial charge in [-0.15, -0.1) is 0 Å². The van der Waals surface area contributed by atoms with Gasteiger partial charge in [-0.3, -0.25) is 0 Å². The van der Waals surface area contributed by atoms with Gasteiger partial charge < -0.3 is 14.7 Å². The molecule has 5 heteroatoms. The predicted octanol–water partition coefficient (Wildman–Crippen LogP) is 3.77. The molecular weight excluding hydrogens is 330 g/mol. The topological polar surface area (TPSA) is 68.1 Å². The summed E-state index contributed by atoms with van der Waals surface area (Å²) in [5.74, 6) is -0.235. The van der Waals surface area contributed by atoms with Crippen molar-refractivity contribution in [3.8, 4) is 5.75 Å². The van der Waals surface area contributed by atoms with Crippen LogP contribution in [0.4, 0.5) is 0 Å². The minimum atomic E-state index is -1.09. The van der Waals surface area contributed by atoms with Gasteiger partial charge in [0.2, 0.25) is 0 Å². The van der Waals surface area contributed by atoms with Crippen LogP contribution in [0.15, 0.2) is 47.6 Å². The molecule has 0 fully saturated rings. The smallest absolute Gasteiger partial charge is 0.354 e. The van der Waals surface area contributed by atoms with E-state index in [9.17, 15) is 9.90 Å². The Morgan fingerprint density at radius 3 is 2.54 bits per heavy atom. The molecule has 0 atom stereocenters. The molecule has 2 aromatic rings. The van der Waals surface area contributed by atoms with Crippen LogP contribution in [0, 0.1) is 0 Å². The van der Waals surface area contributed by atoms with Crippen molar-refractivity contribution < 1.29 is 19.5 Å². The van der Waals surface area contributed by atoms with E-state index in [1.165, 1.54) is 31.1 Å². The van der Waals surface area contributed by atoms with Crippen molar-refractivity contribution in [2.45, 2.75) is 38.7 Å². The van der Waals surface area contributed by atoms with Crippen molar-refractivity contribution >= 4 is 11.7 Å². The zero-order valence-corrected chi connectivity index (χ0v) is 14.9. The maximum atomic E-state index is 11.3. The van der Waals surface area contributed by atoms with Gasteiger partial charge in [-0.25, -0.2) is 4.79 Å². The molecule has 1 aliphatic rings. The van der Waals surface area contributed by atoms with Crippen LogP contribution in [0.25, 0.3) is 0 Å². The molecule has 0 saturated carbocycles. The molecule has 0 radical (unpaired) electrons. The number of rotatable bonds is 7. The average Bonchev–Trinajstić information content (AvgIpc) is 2.66. The molecule has 1 N–H and O–H groups in total. The average molecular weight is 353 g/mol. The molecule has 1 aliphatic carbocycles. The molecule has 0 unspecified atom stereocenters. The third-order valence-corrected chi connectivity index (χ3v) is 4.64. The summed E-state index contributed by atoms with van der Waals surface area (Å²) in [6.07, 6.45) is 4.94. The number of hydrogen-bond acceptors (Lipinski definition) is 4. The summed E-state index contributed by atoms with van der Waals surface area (Å²) in [7, 11) is 1.34. The number of carbonyl (C=O) groups is 1. The maximum absolute atomic E-state index is 11.3. The second-order valence-electron chi connectivity index (χ2n) is 6.40. The zero-order chi connectivity index (χ0) is 18.4. The van der Waals surface area contributed by atoms with E-state index < -0.39 is 5.97 Å². The first kappa shape index (κ1) is 18.0. The van der Waals surface area contributed by atoms with Crippen molar-refractivity contribution in [3.63, 3.8) is 0 Å². The lowest BCUT2D eigenvalue weighted by atomic mass is 9.92. The lowest BCUT2D eigenvalue weighted by Gasteiger charge is -2.17. The minimum absolute atomic E-state index is 0.0336. The van der Waals surface area contributed by atoms with Crippen LogP contribution < -0.4 is 4.74 Å². The van der Waals surface area contributed by atoms with E-state index in [2.05, 4.69) is 22.1 Å². The summed E-state index contributed by atoms with van der Waals surface area (Å²) in [5.41, 5.74) is 4.57. The monoisotopic (exact) mass is 353 g/mol. The second kappa shape index (κ2) is 8.52. The van der Waals surface area contributed by atoms with Crippen molar-refractivity contribution in [2.24, 2.45) is 5.16 Å². The molecule has 0 amide bonds. The highest BCUT2D eigenvalue weighted by Crippen LogP contribution is 2.26. The van der Waals surface area contributed by atoms with E-state index in [0.29, 0.717) is 6.61 Å². The largest absolute Gasteiger partial charge is 0.489 e. The highest BCUT2D eigenvalue weighted by atomic mass is 16.6. The Balaban J connectivity index is 1.72. The van der Waals surface area contributed by atoms with E-state index in [1.807, 2.05) is 30.3 Å². The number of ether oxygens (including phenoxy) is 1. The molecule has 0 aromatic heterocycles. The summed E-state index contributed by atoms with van der Waals surface area (Å²) >= 11 is 0. The Hall–Kier alpha value is -2.82. The van der Waals surface area contributed by atoms with E-state index in [0.717, 1.165) is 29.7 Å². The third-order valence-electron chi connectivity index (χ3n) is 4.64. The fourth-order valence-electron chi connectivity index (χ4n) is 3.27. The predicted molar refractivity (Wildman–Crippen MR) is 99.6 cm³/mol. The van der Waals surface area contributed by atoms with E-state index in [-0.39, 0.29) is 12.1 Å². The number of aliphatic carboxylic acids is 1. The van der Waals surface area contributed by atoms with Gasteiger partial charge in [-0.2, -0.15) is 0 Å². The molecule has 26 heavy (non-hydrogen) atoms. The first-order valence-corrected chi connectivity index (χ1v) is 8.82. The lowest BCUT2D eigenvalue weighted by molar-refractivity contribution is -0.129. The molecule has 0 bridgehead atoms. The molecule has 0 spiro atoms. The molecule has 5 nitrogen and oxygen atoms in total. The van der Waals surface area contributed by atoms with E-state index >= 15 is 0 Å². The molecule has 0 saturated heterocycles. The van der Waals surface area contributed by atoms with Crippen molar-refractivity contribution in [2.75, 3.05) is 7.11 Å². The normalized spacial score (nSPS) is 13.8. The summed E-state index contributed by atoms with van der Waals surface area (Å²) in [6.45, 7) is 0.384. The second-order valence-corrected chi connectivity index (χ2v) is 6.40. The van der Waals surface area contributed by atoms with Crippen LogP contribution in [-0.4, -0.2) is 23.9 Å². The lowest BCUT2D eigenvalue weighted by Crippen LogP contribution is -2.17. The standard InChI is InChI=1S/C21H23NO4/c1-25-22-20(21(23)24)13-17-8-4-5-9-18(17)14-26-19-11-10-15-6-2-3-7-16(15)12-19/h4-5,8-12H,2-3,6-7,13-14H2,1H3,(H,23,24)/b22-20+. The quantitative estimate of drug-likeness (QED) is 0.608. The summed E-state index contributed by atoms with van der Waals surface area (Å²) < 4.78 is 5.98. The van der Waals surface area contributed by atoms with Gasteiger partial charge in [-0.05, 0) is 60.1 Å². The van der Waals surface area contributed by atoms with Gasteiger partial charge in [0.15, 0.2) is 5.71 Å². The van der Waals surface area contributed by atoms with Crippen LogP contribution in [0.5, 0.6) is 5.75 Å². The third kappa shape index (κ3) is 4.42. The van der Waals surface area contributed by atoms with Crippen LogP contribution >= 0.6 is 0 Å². The summed E-state index contributed by atoms with van der Waals surface area (Å²) in [5, 5.41) is 12.8. The molecule has 0 aliphatic heterocycles. The molecule has 2 aromatic carbocycles. The Labute approximate surface area is 153 Å². The van der Waals surface area contributed by atoms with Crippen LogP contribution in [0.2, 0.25) is 0 Å². The Morgan fingerprint density at radius 2 is 1.81 bits per heavy atom. The van der Waals surface area contributed by atoms with Crippen molar-refractivity contribution in [3.05, 3.63) is 64.7 Å². The van der Waals surface area contributed by atoms with Crippen LogP contribution in [0.1, 0.15) is 35.1 Å². The first-order chi connectivity index (χ1) is 12.7. The van der Waals surface area contributed by atoms with Gasteiger partial charge in [0, 0.05) is 6.42 Å². The number of carboxylic acids is 1. The minimum Gasteiger partial charge on any atom is -0.489 e. The van der Waals surface area contributed by atoms with Crippen LogP contribution in [-0.2, 0) is 35.5 Å². The zero-order valence-electron chi connectivity index (χ0n) is 14.9. The fourth-order valence-corrected chi connectivity index (χ4v) is 3.27. The number of nitrogens with zero attached hydrogens (tertiary/aromatic N) is 1. The Morgan fingerprint density at radius 1 is 1.08 bits per heavy atom. The van der Waals surface area contributed by atoms with Gasteiger partial charge in [0.25, 0.3) is 0 Å². The van der Waals surface area contributed by atoms with Crippen molar-refractivity contribution in [1.82, 2.24) is 0 Å². The van der Waals surface area contributed by atoms with E-state index in [4.69, 9.17) is 4.74 Å². The highest BCUT2D eigenvalue weighted by molar-refractivity contribution is 6.35. The number of fused-ring (bicyclic) bond motifs is 1.